The number of esters is 1. The maximum absolute atomic E-state index is 10.9. The van der Waals surface area contributed by atoms with Crippen LogP contribution in [0.15, 0.2) is 18.2 Å². The molecule has 0 radical (unpaired) electrons. The minimum atomic E-state index is -0.648. The number of phenols is 2. The third kappa shape index (κ3) is 3.24. The first-order valence-corrected chi connectivity index (χ1v) is 4.34. The van der Waals surface area contributed by atoms with Gasteiger partial charge < -0.3 is 14.9 Å². The Labute approximate surface area is 87.1 Å². The first kappa shape index (κ1) is 10.9. The predicted octanol–water partition coefficient (Wildman–Crippen LogP) is 1.01. The number of benzene rings is 1. The lowest BCUT2D eigenvalue weighted by atomic mass is 10.2. The topological polar surface area (TPSA) is 66.8 Å². The first-order valence-electron chi connectivity index (χ1n) is 4.34. The van der Waals surface area contributed by atoms with Gasteiger partial charge in [-0.25, -0.2) is 4.79 Å². The quantitative estimate of drug-likeness (QED) is 0.531. The Balaban J connectivity index is 2.84. The van der Waals surface area contributed by atoms with Gasteiger partial charge in [-0.05, 0) is 19.1 Å². The highest BCUT2D eigenvalue weighted by molar-refractivity contribution is 5.89. The van der Waals surface area contributed by atoms with Gasteiger partial charge in [-0.2, -0.15) is 0 Å². The molecule has 0 fully saturated rings. The number of hydrogen-bond donors (Lipinski definition) is 2. The Bertz CT molecular complexity index is 426. The average Bonchev–Trinajstić information content (AvgIpc) is 2.17. The second-order valence-corrected chi connectivity index (χ2v) is 2.67. The van der Waals surface area contributed by atoms with Crippen LogP contribution in [0, 0.1) is 11.8 Å². The normalized spacial score (nSPS) is 8.87. The first-order chi connectivity index (χ1) is 7.13. The molecule has 1 rings (SSSR count). The fourth-order valence-corrected chi connectivity index (χ4v) is 0.911. The third-order valence-electron chi connectivity index (χ3n) is 1.56. The van der Waals surface area contributed by atoms with E-state index in [2.05, 4.69) is 16.6 Å². The smallest absolute Gasteiger partial charge is 0.384 e. The Hall–Kier alpha value is -2.15. The molecule has 78 valence electrons. The fraction of sp³-hybridized carbons (Fsp3) is 0.182. The van der Waals surface area contributed by atoms with Crippen LogP contribution in [0.1, 0.15) is 12.5 Å². The molecular weight excluding hydrogens is 196 g/mol. The lowest BCUT2D eigenvalue weighted by Crippen LogP contribution is -1.99. The van der Waals surface area contributed by atoms with Crippen LogP contribution < -0.4 is 0 Å². The third-order valence-corrected chi connectivity index (χ3v) is 1.56. The zero-order chi connectivity index (χ0) is 11.3. The summed E-state index contributed by atoms with van der Waals surface area (Å²) in [5.74, 6) is 3.76. The van der Waals surface area contributed by atoms with Crippen LogP contribution in [-0.2, 0) is 9.53 Å². The van der Waals surface area contributed by atoms with E-state index in [0.29, 0.717) is 0 Å². The van der Waals surface area contributed by atoms with E-state index in [-0.39, 0.29) is 23.7 Å². The van der Waals surface area contributed by atoms with Crippen LogP contribution in [0.4, 0.5) is 0 Å². The monoisotopic (exact) mass is 206 g/mol. The van der Waals surface area contributed by atoms with Crippen molar-refractivity contribution < 1.29 is 19.7 Å². The molecule has 0 aliphatic heterocycles. The van der Waals surface area contributed by atoms with Gasteiger partial charge >= 0.3 is 5.97 Å². The second-order valence-electron chi connectivity index (χ2n) is 2.67. The fourth-order valence-electron chi connectivity index (χ4n) is 0.911. The molecule has 0 saturated heterocycles. The lowest BCUT2D eigenvalue weighted by Gasteiger charge is -1.96. The molecule has 0 unspecified atom stereocenters. The van der Waals surface area contributed by atoms with E-state index in [0.717, 1.165) is 6.07 Å². The van der Waals surface area contributed by atoms with Gasteiger partial charge in [0.25, 0.3) is 0 Å². The van der Waals surface area contributed by atoms with E-state index < -0.39 is 5.97 Å². The summed E-state index contributed by atoms with van der Waals surface area (Å²) in [5.41, 5.74) is 0.265. The van der Waals surface area contributed by atoms with Crippen LogP contribution in [0.3, 0.4) is 0 Å². The van der Waals surface area contributed by atoms with Crippen molar-refractivity contribution in [3.8, 4) is 23.3 Å². The number of ether oxygens (including phenoxy) is 1. The molecule has 1 aromatic rings. The van der Waals surface area contributed by atoms with E-state index in [1.165, 1.54) is 12.1 Å². The Morgan fingerprint density at radius 1 is 1.47 bits per heavy atom. The molecular formula is C11H10O4. The van der Waals surface area contributed by atoms with E-state index in [4.69, 9.17) is 5.11 Å². The van der Waals surface area contributed by atoms with Crippen molar-refractivity contribution in [2.24, 2.45) is 0 Å². The van der Waals surface area contributed by atoms with Gasteiger partial charge in [0, 0.05) is 12.0 Å². The standard InChI is InChI=1S/C11H10O4/c1-2-15-11(14)6-4-8-3-5-9(12)7-10(8)13/h3,5,7,12-13H,2H2,1H3. The Morgan fingerprint density at radius 3 is 2.80 bits per heavy atom. The van der Waals surface area contributed by atoms with E-state index in [1.807, 2.05) is 0 Å². The van der Waals surface area contributed by atoms with Crippen molar-refractivity contribution in [1.82, 2.24) is 0 Å². The summed E-state index contributed by atoms with van der Waals surface area (Å²) in [7, 11) is 0. The van der Waals surface area contributed by atoms with E-state index in [9.17, 15) is 9.90 Å². The number of hydrogen-bond acceptors (Lipinski definition) is 4. The zero-order valence-corrected chi connectivity index (χ0v) is 8.15. The van der Waals surface area contributed by atoms with Gasteiger partial charge in [-0.15, -0.1) is 0 Å². The van der Waals surface area contributed by atoms with Crippen LogP contribution in [0.2, 0.25) is 0 Å². The van der Waals surface area contributed by atoms with Gasteiger partial charge in [-0.3, -0.25) is 0 Å². The molecule has 0 spiro atoms. The number of carbonyl (C=O) groups is 1. The Morgan fingerprint density at radius 2 is 2.20 bits per heavy atom. The molecule has 2 N–H and O–H groups in total. The van der Waals surface area contributed by atoms with Crippen LogP contribution in [0.25, 0.3) is 0 Å². The molecule has 0 amide bonds. The van der Waals surface area contributed by atoms with Crippen LogP contribution >= 0.6 is 0 Å². The van der Waals surface area contributed by atoms with Crippen LogP contribution in [0.5, 0.6) is 11.5 Å². The minimum Gasteiger partial charge on any atom is -0.508 e. The molecule has 1 aromatic carbocycles. The molecule has 0 aromatic heterocycles. The second kappa shape index (κ2) is 4.91. The zero-order valence-electron chi connectivity index (χ0n) is 8.15. The molecule has 0 heterocycles. The minimum absolute atomic E-state index is 0.0609. The number of rotatable bonds is 1. The maximum atomic E-state index is 10.9. The predicted molar refractivity (Wildman–Crippen MR) is 53.3 cm³/mol. The number of carbonyl (C=O) groups excluding carboxylic acids is 1. The van der Waals surface area contributed by atoms with E-state index >= 15 is 0 Å². The largest absolute Gasteiger partial charge is 0.508 e. The SMILES string of the molecule is CCOC(=O)C#Cc1ccc(O)cc1O. The van der Waals surface area contributed by atoms with Gasteiger partial charge in [0.1, 0.15) is 11.5 Å². The summed E-state index contributed by atoms with van der Waals surface area (Å²) in [5, 5.41) is 18.3. The highest BCUT2D eigenvalue weighted by atomic mass is 16.5. The molecule has 0 aliphatic carbocycles. The van der Waals surface area contributed by atoms with Crippen molar-refractivity contribution in [2.75, 3.05) is 6.61 Å². The average molecular weight is 206 g/mol. The van der Waals surface area contributed by atoms with Gasteiger partial charge in [0.05, 0.1) is 12.2 Å². The van der Waals surface area contributed by atoms with Crippen molar-refractivity contribution in [3.05, 3.63) is 23.8 Å². The highest BCUT2D eigenvalue weighted by Crippen LogP contribution is 2.21. The van der Waals surface area contributed by atoms with Crippen molar-refractivity contribution in [2.45, 2.75) is 6.92 Å². The van der Waals surface area contributed by atoms with Gasteiger partial charge in [-0.1, -0.05) is 5.92 Å². The summed E-state index contributed by atoms with van der Waals surface area (Å²) in [6, 6.07) is 3.93. The maximum Gasteiger partial charge on any atom is 0.384 e. The Kier molecular flexibility index (Phi) is 3.58. The molecule has 0 aliphatic rings. The van der Waals surface area contributed by atoms with Crippen molar-refractivity contribution in [1.29, 1.82) is 0 Å². The van der Waals surface area contributed by atoms with Gasteiger partial charge in [0.2, 0.25) is 0 Å². The molecule has 0 bridgehead atoms. The molecule has 0 saturated carbocycles. The molecule has 15 heavy (non-hydrogen) atoms. The summed E-state index contributed by atoms with van der Waals surface area (Å²) in [6.07, 6.45) is 0. The van der Waals surface area contributed by atoms with E-state index in [1.54, 1.807) is 6.92 Å². The van der Waals surface area contributed by atoms with Crippen LogP contribution in [-0.4, -0.2) is 22.8 Å². The van der Waals surface area contributed by atoms with Crippen molar-refractivity contribution >= 4 is 5.97 Å². The summed E-state index contributed by atoms with van der Waals surface area (Å²) in [6.45, 7) is 1.94. The number of phenolic OH excluding ortho intramolecular Hbond substituents is 2. The lowest BCUT2D eigenvalue weighted by molar-refractivity contribution is -0.136. The highest BCUT2D eigenvalue weighted by Gasteiger charge is 1.99. The molecule has 4 nitrogen and oxygen atoms in total. The summed E-state index contributed by atoms with van der Waals surface area (Å²) < 4.78 is 4.58. The summed E-state index contributed by atoms with van der Waals surface area (Å²) >= 11 is 0. The summed E-state index contributed by atoms with van der Waals surface area (Å²) in [4.78, 5) is 10.9. The molecule has 0 atom stereocenters. The number of aromatic hydroxyl groups is 2. The van der Waals surface area contributed by atoms with Crippen molar-refractivity contribution in [3.63, 3.8) is 0 Å². The molecule has 4 heteroatoms. The van der Waals surface area contributed by atoms with Gasteiger partial charge in [0.15, 0.2) is 0 Å².